The summed E-state index contributed by atoms with van der Waals surface area (Å²) in [5.41, 5.74) is 5.98. The lowest BCUT2D eigenvalue weighted by Gasteiger charge is -2.10. The van der Waals surface area contributed by atoms with Crippen molar-refractivity contribution >= 4 is 18.1 Å². The van der Waals surface area contributed by atoms with Crippen LogP contribution in [-0.4, -0.2) is 50.1 Å². The highest BCUT2D eigenvalue weighted by Crippen LogP contribution is 2.23. The van der Waals surface area contributed by atoms with Crippen molar-refractivity contribution in [3.63, 3.8) is 0 Å². The van der Waals surface area contributed by atoms with Crippen LogP contribution in [0.25, 0.3) is 0 Å². The Kier molecular flexibility index (Phi) is 6.70. The Balaban J connectivity index is 2.71. The Labute approximate surface area is 136 Å². The fourth-order valence-electron chi connectivity index (χ4n) is 1.87. The average molecular weight is 322 g/mol. The number of rotatable bonds is 9. The number of carboxylic acids is 1. The summed E-state index contributed by atoms with van der Waals surface area (Å²) in [5.74, 6) is 0.163. The second kappa shape index (κ2) is 9.29. The van der Waals surface area contributed by atoms with Gasteiger partial charge in [0.1, 0.15) is 17.5 Å². The molecule has 0 unspecified atom stereocenters. The summed E-state index contributed by atoms with van der Waals surface area (Å²) >= 11 is 0. The maximum absolute atomic E-state index is 11.3. The fraction of sp³-hybridized carbons (Fsp3) is 0.400. The molecular formula is C15H22N4O4. The van der Waals surface area contributed by atoms with E-state index in [4.69, 9.17) is 16.6 Å². The lowest BCUT2D eigenvalue weighted by molar-refractivity contribution is -0.138. The first-order chi connectivity index (χ1) is 11.5. The first-order valence-electron chi connectivity index (χ1n) is 7.46. The summed E-state index contributed by atoms with van der Waals surface area (Å²) in [6.07, 6.45) is 2.32. The summed E-state index contributed by atoms with van der Waals surface area (Å²) in [5, 5.41) is 15.0. The summed E-state index contributed by atoms with van der Waals surface area (Å²) in [7, 11) is 3.07. The molecule has 1 aromatic carbocycles. The van der Waals surface area contributed by atoms with E-state index in [0.29, 0.717) is 36.4 Å². The molecule has 0 fully saturated rings. The quantitative estimate of drug-likeness (QED) is 0.303. The number of aliphatic imine (C=N–C) groups is 1. The molecule has 0 aromatic heterocycles. The second-order valence-electron chi connectivity index (χ2n) is 4.69. The molecule has 0 bridgehead atoms. The van der Waals surface area contributed by atoms with Gasteiger partial charge < -0.3 is 25.6 Å². The summed E-state index contributed by atoms with van der Waals surface area (Å²) in [6.45, 7) is 0.416. The van der Waals surface area contributed by atoms with Crippen LogP contribution in [0.1, 0.15) is 18.4 Å². The molecule has 0 spiro atoms. The SMILES string of the molecule is [H]/N=C(\N)NCCC[C@H](N=Cc1ccc(OC)cc1OC)C(=O)O. The van der Waals surface area contributed by atoms with E-state index >= 15 is 0 Å². The number of aliphatic carboxylic acids is 1. The Morgan fingerprint density at radius 2 is 2.35 bits per heavy atom. The van der Waals surface area contributed by atoms with Gasteiger partial charge in [0, 0.05) is 24.4 Å². The van der Waals surface area contributed by atoms with Crippen molar-refractivity contribution in [1.29, 1.82) is 5.40 Å². The van der Waals surface area contributed by atoms with Crippen molar-refractivity contribution < 1.29 is 20.8 Å². The van der Waals surface area contributed by atoms with Crippen LogP contribution in [0.2, 0.25) is 1.41 Å². The summed E-state index contributed by atoms with van der Waals surface area (Å²) < 4.78 is 17.0. The molecule has 8 nitrogen and oxygen atoms in total. The maximum atomic E-state index is 11.3. The number of carboxylic acid groups (broad SMARTS) is 1. The maximum Gasteiger partial charge on any atom is 0.328 e. The van der Waals surface area contributed by atoms with E-state index in [1.54, 1.807) is 25.3 Å². The van der Waals surface area contributed by atoms with Gasteiger partial charge in [0.2, 0.25) is 0 Å². The van der Waals surface area contributed by atoms with Crippen LogP contribution in [-0.2, 0) is 4.79 Å². The normalized spacial score (nSPS) is 13.5. The van der Waals surface area contributed by atoms with Gasteiger partial charge in [0.15, 0.2) is 7.37 Å². The van der Waals surface area contributed by atoms with Gasteiger partial charge in [0.05, 0.1) is 14.2 Å². The van der Waals surface area contributed by atoms with E-state index in [9.17, 15) is 9.90 Å². The van der Waals surface area contributed by atoms with Crippen LogP contribution in [0.15, 0.2) is 23.2 Å². The number of nitrogens with one attached hydrogen (secondary N) is 2. The standard InChI is InChI=1S/C15H22N4O4/c1-22-11-6-5-10(13(8-11)23-2)9-19-12(14(20)21)4-3-7-18-15(16)17/h5-6,8-9,12H,3-4,7H2,1-2H3,(H,20,21)(H4,16,17,18)/t12-/m0/s1. The molecule has 0 aliphatic heterocycles. The van der Waals surface area contributed by atoms with Crippen molar-refractivity contribution in [2.45, 2.75) is 18.9 Å². The number of nitrogens with zero attached hydrogens (tertiary/aromatic N) is 1. The number of benzene rings is 1. The molecular weight excluding hydrogens is 300 g/mol. The molecule has 0 heterocycles. The minimum Gasteiger partial charge on any atom is -0.497 e. The van der Waals surface area contributed by atoms with Crippen LogP contribution in [0.5, 0.6) is 11.5 Å². The number of guanidine groups is 1. The van der Waals surface area contributed by atoms with Crippen LogP contribution in [0, 0.1) is 5.40 Å². The third-order valence-corrected chi connectivity index (χ3v) is 3.08. The van der Waals surface area contributed by atoms with Crippen LogP contribution < -0.4 is 20.5 Å². The minimum absolute atomic E-state index is 0.00616. The summed E-state index contributed by atoms with van der Waals surface area (Å²) in [4.78, 5) is 15.4. The Morgan fingerprint density at radius 1 is 1.57 bits per heavy atom. The number of nitrogens with two attached hydrogens (primary N) is 1. The first kappa shape index (κ1) is 16.6. The van der Waals surface area contributed by atoms with Crippen molar-refractivity contribution in [3.05, 3.63) is 23.8 Å². The van der Waals surface area contributed by atoms with E-state index < -0.39 is 12.0 Å². The number of hydrogen-bond acceptors (Lipinski definition) is 5. The van der Waals surface area contributed by atoms with Gasteiger partial charge in [0.25, 0.3) is 0 Å². The van der Waals surface area contributed by atoms with Gasteiger partial charge >= 0.3 is 5.97 Å². The predicted molar refractivity (Wildman–Crippen MR) is 87.7 cm³/mol. The Morgan fingerprint density at radius 3 is 2.96 bits per heavy atom. The van der Waals surface area contributed by atoms with E-state index in [-0.39, 0.29) is 5.96 Å². The van der Waals surface area contributed by atoms with Crippen LogP contribution in [0.3, 0.4) is 0 Å². The van der Waals surface area contributed by atoms with Crippen LogP contribution >= 0.6 is 0 Å². The van der Waals surface area contributed by atoms with Gasteiger partial charge in [-0.25, -0.2) is 4.79 Å². The molecule has 1 atom stereocenters. The zero-order valence-electron chi connectivity index (χ0n) is 14.2. The Bertz CT molecular complexity index is 607. The zero-order valence-corrected chi connectivity index (χ0v) is 13.2. The molecule has 1 rings (SSSR count). The molecule has 0 aliphatic carbocycles. The monoisotopic (exact) mass is 322 g/mol. The third kappa shape index (κ3) is 6.25. The molecule has 5 N–H and O–H groups in total. The molecule has 23 heavy (non-hydrogen) atoms. The summed E-state index contributed by atoms with van der Waals surface area (Å²) in [6, 6.07) is 4.30. The van der Waals surface area contributed by atoms with Gasteiger partial charge in [-0.3, -0.25) is 10.4 Å². The van der Waals surface area contributed by atoms with Crippen molar-refractivity contribution in [2.75, 3.05) is 20.8 Å². The largest absolute Gasteiger partial charge is 0.497 e. The third-order valence-electron chi connectivity index (χ3n) is 3.08. The van der Waals surface area contributed by atoms with E-state index in [1.807, 2.05) is 0 Å². The number of ether oxygens (including phenoxy) is 2. The van der Waals surface area contributed by atoms with Crippen molar-refractivity contribution in [2.24, 2.45) is 10.7 Å². The minimum atomic E-state index is -1.01. The topological polar surface area (TPSA) is 130 Å². The lowest BCUT2D eigenvalue weighted by atomic mass is 10.1. The highest BCUT2D eigenvalue weighted by Gasteiger charge is 2.15. The number of methoxy groups -OCH3 is 2. The van der Waals surface area contributed by atoms with Crippen molar-refractivity contribution in [3.8, 4) is 11.5 Å². The lowest BCUT2D eigenvalue weighted by Crippen LogP contribution is -2.31. The van der Waals surface area contributed by atoms with Gasteiger partial charge in [-0.15, -0.1) is 0 Å². The number of hydrogen-bond donors (Lipinski definition) is 4. The smallest absolute Gasteiger partial charge is 0.328 e. The second-order valence-corrected chi connectivity index (χ2v) is 4.69. The first-order valence-corrected chi connectivity index (χ1v) is 7.01. The van der Waals surface area contributed by atoms with E-state index in [2.05, 4.69) is 15.7 Å². The highest BCUT2D eigenvalue weighted by molar-refractivity contribution is 5.86. The average Bonchev–Trinajstić information content (AvgIpc) is 2.60. The molecule has 0 saturated carbocycles. The molecule has 0 radical (unpaired) electrons. The van der Waals surface area contributed by atoms with Gasteiger partial charge in [-0.05, 0) is 25.0 Å². The molecule has 0 aliphatic rings. The van der Waals surface area contributed by atoms with Crippen LogP contribution in [0.4, 0.5) is 0 Å². The van der Waals surface area contributed by atoms with E-state index in [0.717, 1.165) is 0 Å². The molecule has 8 heteroatoms. The van der Waals surface area contributed by atoms with Gasteiger partial charge in [-0.1, -0.05) is 0 Å². The van der Waals surface area contributed by atoms with E-state index in [1.165, 1.54) is 13.3 Å². The molecule has 1 aromatic rings. The number of carbonyl (C=O) groups is 1. The zero-order chi connectivity index (χ0) is 17.9. The Hall–Kier alpha value is -2.77. The molecule has 126 valence electrons. The van der Waals surface area contributed by atoms with Crippen molar-refractivity contribution in [1.82, 2.24) is 5.32 Å². The molecule has 0 saturated heterocycles. The van der Waals surface area contributed by atoms with Gasteiger partial charge in [-0.2, -0.15) is 0 Å². The fourth-order valence-corrected chi connectivity index (χ4v) is 1.87. The predicted octanol–water partition coefficient (Wildman–Crippen LogP) is 0.839. The molecule has 0 amide bonds. The highest BCUT2D eigenvalue weighted by atomic mass is 16.5.